The van der Waals surface area contributed by atoms with E-state index in [9.17, 15) is 14.4 Å². The van der Waals surface area contributed by atoms with Gasteiger partial charge in [0.1, 0.15) is 0 Å². The number of amides is 1. The molecule has 0 aliphatic rings. The Morgan fingerprint density at radius 1 is 0.951 bits per heavy atom. The van der Waals surface area contributed by atoms with Crippen molar-refractivity contribution in [2.75, 3.05) is 12.0 Å². The van der Waals surface area contributed by atoms with Gasteiger partial charge in [0.2, 0.25) is 0 Å². The summed E-state index contributed by atoms with van der Waals surface area (Å²) in [5.74, 6) is -0.825. The molecule has 0 saturated carbocycles. The minimum atomic E-state index is -0.594. The fraction of sp³-hybridized carbons (Fsp3) is 0.194. The minimum Gasteiger partial charge on any atom is -0.462 e. The lowest BCUT2D eigenvalue weighted by atomic mass is 9.94. The molecular formula is C31H29N5O4S. The number of nitrogens with zero attached hydrogens (tertiary/aromatic N) is 3. The topological polar surface area (TPSA) is 115 Å². The molecule has 5 rings (SSSR count). The number of ether oxygens (including phenoxy) is 1. The monoisotopic (exact) mass is 567 g/mol. The average molecular weight is 568 g/mol. The zero-order chi connectivity index (χ0) is 28.8. The van der Waals surface area contributed by atoms with Gasteiger partial charge < -0.3 is 4.74 Å². The van der Waals surface area contributed by atoms with Crippen molar-refractivity contribution in [2.45, 2.75) is 33.1 Å². The summed E-state index contributed by atoms with van der Waals surface area (Å²) in [7, 11) is 0. The molecule has 2 N–H and O–H groups in total. The maximum absolute atomic E-state index is 13.7. The molecule has 5 aromatic rings. The number of pyridine rings is 1. The van der Waals surface area contributed by atoms with Crippen molar-refractivity contribution in [1.82, 2.24) is 20.0 Å². The fourth-order valence-corrected chi connectivity index (χ4v) is 5.15. The van der Waals surface area contributed by atoms with Crippen molar-refractivity contribution in [3.8, 4) is 16.8 Å². The van der Waals surface area contributed by atoms with Crippen LogP contribution in [0.4, 0.5) is 5.82 Å². The molecule has 9 nitrogen and oxygen atoms in total. The van der Waals surface area contributed by atoms with E-state index in [2.05, 4.69) is 15.8 Å². The van der Waals surface area contributed by atoms with E-state index in [0.29, 0.717) is 50.4 Å². The number of unbranched alkanes of at least 4 members (excludes halogenated alkanes) is 1. The van der Waals surface area contributed by atoms with Crippen molar-refractivity contribution in [2.24, 2.45) is 0 Å². The first-order valence-electron chi connectivity index (χ1n) is 13.4. The Morgan fingerprint density at radius 2 is 1.68 bits per heavy atom. The number of fused-ring (bicyclic) bond motifs is 1. The zero-order valence-electron chi connectivity index (χ0n) is 22.7. The van der Waals surface area contributed by atoms with Crippen LogP contribution in [0.1, 0.15) is 52.4 Å². The summed E-state index contributed by atoms with van der Waals surface area (Å²) < 4.78 is 7.11. The second-order valence-electron chi connectivity index (χ2n) is 9.19. The predicted molar refractivity (Wildman–Crippen MR) is 161 cm³/mol. The largest absolute Gasteiger partial charge is 0.462 e. The Kier molecular flexibility index (Phi) is 8.50. The number of hydrazine groups is 1. The summed E-state index contributed by atoms with van der Waals surface area (Å²) in [6.07, 6.45) is 2.02. The molecule has 0 spiro atoms. The molecule has 2 aromatic carbocycles. The molecule has 0 bridgehead atoms. The van der Waals surface area contributed by atoms with E-state index in [4.69, 9.17) is 9.72 Å². The van der Waals surface area contributed by atoms with Crippen molar-refractivity contribution in [3.05, 3.63) is 105 Å². The second-order valence-corrected chi connectivity index (χ2v) is 10.1. The molecule has 0 atom stereocenters. The summed E-state index contributed by atoms with van der Waals surface area (Å²) >= 11 is 1.28. The number of esters is 1. The van der Waals surface area contributed by atoms with Crippen LogP contribution >= 0.6 is 11.3 Å². The number of para-hydroxylation sites is 1. The quantitative estimate of drug-likeness (QED) is 0.125. The molecule has 1 amide bonds. The Labute approximate surface area is 240 Å². The molecule has 0 unspecified atom stereocenters. The number of nitrogens with one attached hydrogen (secondary N) is 2. The third kappa shape index (κ3) is 5.73. The molecule has 3 aromatic heterocycles. The van der Waals surface area contributed by atoms with Crippen molar-refractivity contribution < 1.29 is 14.3 Å². The fourth-order valence-electron chi connectivity index (χ4n) is 4.54. The van der Waals surface area contributed by atoms with Crippen LogP contribution in [-0.4, -0.2) is 33.0 Å². The van der Waals surface area contributed by atoms with E-state index in [0.717, 1.165) is 12.8 Å². The average Bonchev–Trinajstić information content (AvgIpc) is 3.55. The van der Waals surface area contributed by atoms with Gasteiger partial charge in [0.25, 0.3) is 5.91 Å². The van der Waals surface area contributed by atoms with Gasteiger partial charge in [0.15, 0.2) is 11.5 Å². The normalized spacial score (nSPS) is 10.9. The van der Waals surface area contributed by atoms with Crippen LogP contribution in [0.25, 0.3) is 27.8 Å². The standard InChI is InChI=1S/C31H29N5O4S/c1-3-5-18-40-30(38)25-22(4-2)32-28-26(24(25)20-13-8-6-9-14-20)27(34-35-29(37)23-17-12-19-41-23)33-31(39)36(28)21-15-10-7-11-16-21/h6-17,19H,3-5,18H2,1-2H3,(H,35,37)(H,33,34,39). The van der Waals surface area contributed by atoms with Crippen LogP contribution in [0, 0.1) is 0 Å². The number of rotatable bonds is 10. The van der Waals surface area contributed by atoms with E-state index >= 15 is 0 Å². The third-order valence-corrected chi connectivity index (χ3v) is 7.36. The first kappa shape index (κ1) is 27.7. The highest BCUT2D eigenvalue weighted by Gasteiger charge is 2.27. The molecule has 10 heteroatoms. The van der Waals surface area contributed by atoms with Gasteiger partial charge >= 0.3 is 11.7 Å². The van der Waals surface area contributed by atoms with Crippen LogP contribution in [0.3, 0.4) is 0 Å². The van der Waals surface area contributed by atoms with Gasteiger partial charge in [-0.2, -0.15) is 4.98 Å². The number of carbonyl (C=O) groups is 2. The Hall–Kier alpha value is -4.83. The van der Waals surface area contributed by atoms with Crippen LogP contribution in [-0.2, 0) is 11.2 Å². The van der Waals surface area contributed by atoms with Gasteiger partial charge in [0.05, 0.1) is 33.8 Å². The van der Waals surface area contributed by atoms with E-state index in [1.165, 1.54) is 15.9 Å². The summed E-state index contributed by atoms with van der Waals surface area (Å²) in [4.78, 5) is 49.7. The van der Waals surface area contributed by atoms with Gasteiger partial charge in [-0.05, 0) is 42.0 Å². The molecule has 0 fully saturated rings. The van der Waals surface area contributed by atoms with Gasteiger partial charge in [0, 0.05) is 5.56 Å². The Balaban J connectivity index is 1.83. The maximum atomic E-state index is 13.7. The highest BCUT2D eigenvalue weighted by atomic mass is 32.1. The van der Waals surface area contributed by atoms with Gasteiger partial charge in [-0.1, -0.05) is 74.9 Å². The molecular weight excluding hydrogens is 538 g/mol. The molecule has 0 saturated heterocycles. The van der Waals surface area contributed by atoms with E-state index in [1.807, 2.05) is 62.4 Å². The second kappa shape index (κ2) is 12.6. The number of anilines is 1. The smallest absolute Gasteiger partial charge is 0.355 e. The third-order valence-electron chi connectivity index (χ3n) is 6.49. The predicted octanol–water partition coefficient (Wildman–Crippen LogP) is 5.79. The molecule has 0 radical (unpaired) electrons. The number of hydrogen-bond acceptors (Lipinski definition) is 8. The van der Waals surface area contributed by atoms with E-state index in [-0.39, 0.29) is 18.3 Å². The van der Waals surface area contributed by atoms with Crippen molar-refractivity contribution in [1.29, 1.82) is 0 Å². The highest BCUT2D eigenvalue weighted by molar-refractivity contribution is 7.12. The van der Waals surface area contributed by atoms with Crippen LogP contribution in [0.15, 0.2) is 83.0 Å². The maximum Gasteiger partial charge on any atom is 0.355 e. The SMILES string of the molecule is CCCCOC(=O)c1c(CC)nc2c(c(NNC(=O)c3cccs3)nc(=O)n2-c2ccccc2)c1-c1ccccc1. The number of hydrogen-bond donors (Lipinski definition) is 2. The summed E-state index contributed by atoms with van der Waals surface area (Å²) in [5.41, 5.74) is 7.78. The van der Waals surface area contributed by atoms with Crippen LogP contribution in [0.5, 0.6) is 0 Å². The summed E-state index contributed by atoms with van der Waals surface area (Å²) in [6.45, 7) is 4.20. The van der Waals surface area contributed by atoms with E-state index in [1.54, 1.807) is 29.6 Å². The van der Waals surface area contributed by atoms with Crippen LogP contribution in [0.2, 0.25) is 0 Å². The lowest BCUT2D eigenvalue weighted by molar-refractivity contribution is 0.0499. The summed E-state index contributed by atoms with van der Waals surface area (Å²) in [6, 6.07) is 21.9. The zero-order valence-corrected chi connectivity index (χ0v) is 23.5. The van der Waals surface area contributed by atoms with E-state index < -0.39 is 11.7 Å². The first-order chi connectivity index (χ1) is 20.0. The highest BCUT2D eigenvalue weighted by Crippen LogP contribution is 2.37. The van der Waals surface area contributed by atoms with Gasteiger partial charge in [-0.3, -0.25) is 15.6 Å². The molecule has 0 aliphatic carbocycles. The number of thiophene rings is 1. The molecule has 208 valence electrons. The number of aryl methyl sites for hydroxylation is 1. The molecule has 0 aliphatic heterocycles. The lowest BCUT2D eigenvalue weighted by Gasteiger charge is -2.20. The van der Waals surface area contributed by atoms with Crippen molar-refractivity contribution >= 4 is 40.1 Å². The molecule has 3 heterocycles. The van der Waals surface area contributed by atoms with Gasteiger partial charge in [-0.25, -0.2) is 19.1 Å². The number of aromatic nitrogens is 3. The number of carbonyl (C=O) groups excluding carboxylic acids is 2. The minimum absolute atomic E-state index is 0.0682. The van der Waals surface area contributed by atoms with Crippen LogP contribution < -0.4 is 16.5 Å². The van der Waals surface area contributed by atoms with Gasteiger partial charge in [-0.15, -0.1) is 11.3 Å². The first-order valence-corrected chi connectivity index (χ1v) is 14.3. The Morgan fingerprint density at radius 3 is 2.34 bits per heavy atom. The van der Waals surface area contributed by atoms with Crippen molar-refractivity contribution in [3.63, 3.8) is 0 Å². The Bertz CT molecular complexity index is 1740. The lowest BCUT2D eigenvalue weighted by Crippen LogP contribution is -2.32. The molecule has 41 heavy (non-hydrogen) atoms. The summed E-state index contributed by atoms with van der Waals surface area (Å²) in [5, 5.41) is 2.19. The number of benzene rings is 2.